The molecule has 0 aliphatic carbocycles. The maximum Gasteiger partial charge on any atom is 0.0729 e. The Morgan fingerprint density at radius 2 is 1.82 bits per heavy atom. The first-order valence-corrected chi connectivity index (χ1v) is 4.28. The second kappa shape index (κ2) is 2.73. The van der Waals surface area contributed by atoms with Crippen molar-refractivity contribution in [1.29, 1.82) is 0 Å². The molecule has 3 heteroatoms. The van der Waals surface area contributed by atoms with Crippen LogP contribution >= 0.6 is 0 Å². The lowest BCUT2D eigenvalue weighted by Crippen LogP contribution is -2.38. The van der Waals surface area contributed by atoms with Crippen LogP contribution in [-0.2, 0) is 4.84 Å². The van der Waals surface area contributed by atoms with Crippen LogP contribution in [0.25, 0.3) is 0 Å². The third kappa shape index (κ3) is 1.41. The summed E-state index contributed by atoms with van der Waals surface area (Å²) in [6, 6.07) is 0. The standard InChI is InChI=1S/C8H16N2O/c1-9-3-7-5-10(2)11-6-8(7)4-9/h7-8H,3-6H2,1-2H3. The van der Waals surface area contributed by atoms with E-state index in [-0.39, 0.29) is 0 Å². The molecule has 0 aromatic carbocycles. The van der Waals surface area contributed by atoms with Crippen LogP contribution in [0.2, 0.25) is 0 Å². The average molecular weight is 156 g/mol. The lowest BCUT2D eigenvalue weighted by Gasteiger charge is -2.30. The highest BCUT2D eigenvalue weighted by Gasteiger charge is 2.35. The Balaban J connectivity index is 1.97. The van der Waals surface area contributed by atoms with Gasteiger partial charge in [0.2, 0.25) is 0 Å². The SMILES string of the molecule is CN1CC2CON(C)CC2C1. The number of hydroxylamine groups is 2. The smallest absolute Gasteiger partial charge is 0.0729 e. The van der Waals surface area contributed by atoms with Crippen LogP contribution in [0, 0.1) is 11.8 Å². The Kier molecular flexibility index (Phi) is 1.87. The number of fused-ring (bicyclic) bond motifs is 1. The number of hydrogen-bond donors (Lipinski definition) is 0. The molecule has 2 fully saturated rings. The van der Waals surface area contributed by atoms with E-state index in [9.17, 15) is 0 Å². The summed E-state index contributed by atoms with van der Waals surface area (Å²) < 4.78 is 0. The maximum absolute atomic E-state index is 5.45. The van der Waals surface area contributed by atoms with Crippen LogP contribution in [0.15, 0.2) is 0 Å². The van der Waals surface area contributed by atoms with E-state index >= 15 is 0 Å². The fraction of sp³-hybridized carbons (Fsp3) is 1.00. The molecule has 2 unspecified atom stereocenters. The van der Waals surface area contributed by atoms with Crippen molar-refractivity contribution in [3.63, 3.8) is 0 Å². The molecule has 2 heterocycles. The Morgan fingerprint density at radius 1 is 1.09 bits per heavy atom. The Labute approximate surface area is 67.9 Å². The molecule has 2 atom stereocenters. The van der Waals surface area contributed by atoms with Crippen molar-refractivity contribution in [2.75, 3.05) is 40.3 Å². The summed E-state index contributed by atoms with van der Waals surface area (Å²) in [5.74, 6) is 1.63. The highest BCUT2D eigenvalue weighted by atomic mass is 16.7. The first kappa shape index (κ1) is 7.53. The van der Waals surface area contributed by atoms with Gasteiger partial charge in [-0.25, -0.2) is 0 Å². The van der Waals surface area contributed by atoms with Crippen molar-refractivity contribution in [2.24, 2.45) is 11.8 Å². The van der Waals surface area contributed by atoms with Crippen LogP contribution in [0.4, 0.5) is 0 Å². The molecular weight excluding hydrogens is 140 g/mol. The van der Waals surface area contributed by atoms with Gasteiger partial charge in [0.1, 0.15) is 0 Å². The van der Waals surface area contributed by atoms with Crippen LogP contribution in [-0.4, -0.2) is 50.3 Å². The quantitative estimate of drug-likeness (QED) is 0.492. The average Bonchev–Trinajstić information content (AvgIpc) is 2.27. The van der Waals surface area contributed by atoms with Gasteiger partial charge in [-0.1, -0.05) is 0 Å². The Morgan fingerprint density at radius 3 is 2.64 bits per heavy atom. The predicted molar refractivity (Wildman–Crippen MR) is 43.1 cm³/mol. The highest BCUT2D eigenvalue weighted by molar-refractivity contribution is 4.84. The Bertz CT molecular complexity index is 151. The van der Waals surface area contributed by atoms with E-state index in [1.54, 1.807) is 0 Å². The molecule has 0 aromatic heterocycles. The molecule has 2 aliphatic rings. The predicted octanol–water partition coefficient (Wildman–Crippen LogP) is 0.0412. The zero-order chi connectivity index (χ0) is 7.84. The van der Waals surface area contributed by atoms with Gasteiger partial charge >= 0.3 is 0 Å². The van der Waals surface area contributed by atoms with E-state index in [2.05, 4.69) is 11.9 Å². The minimum atomic E-state index is 0.788. The molecule has 3 nitrogen and oxygen atoms in total. The minimum absolute atomic E-state index is 0.788. The van der Waals surface area contributed by atoms with Gasteiger partial charge in [-0.15, -0.1) is 0 Å². The highest BCUT2D eigenvalue weighted by Crippen LogP contribution is 2.26. The van der Waals surface area contributed by atoms with Gasteiger partial charge in [-0.2, -0.15) is 5.06 Å². The molecule has 0 spiro atoms. The van der Waals surface area contributed by atoms with E-state index in [0.717, 1.165) is 25.0 Å². The number of nitrogens with zero attached hydrogens (tertiary/aromatic N) is 2. The van der Waals surface area contributed by atoms with Crippen LogP contribution in [0.3, 0.4) is 0 Å². The van der Waals surface area contributed by atoms with Crippen LogP contribution in [0.1, 0.15) is 0 Å². The summed E-state index contributed by atoms with van der Waals surface area (Å²) in [7, 11) is 4.22. The summed E-state index contributed by atoms with van der Waals surface area (Å²) in [6.45, 7) is 4.50. The van der Waals surface area contributed by atoms with E-state index in [1.807, 2.05) is 12.1 Å². The lowest BCUT2D eigenvalue weighted by molar-refractivity contribution is -0.189. The second-order valence-electron chi connectivity index (χ2n) is 3.85. The van der Waals surface area contributed by atoms with Gasteiger partial charge in [0, 0.05) is 32.6 Å². The third-order valence-electron chi connectivity index (χ3n) is 2.76. The zero-order valence-corrected chi connectivity index (χ0v) is 7.29. The summed E-state index contributed by atoms with van der Waals surface area (Å²) in [4.78, 5) is 7.85. The Hall–Kier alpha value is -0.120. The third-order valence-corrected chi connectivity index (χ3v) is 2.76. The number of hydrogen-bond acceptors (Lipinski definition) is 3. The lowest BCUT2D eigenvalue weighted by atomic mass is 9.96. The van der Waals surface area contributed by atoms with Crippen LogP contribution in [0.5, 0.6) is 0 Å². The summed E-state index contributed by atoms with van der Waals surface area (Å²) >= 11 is 0. The van der Waals surface area contributed by atoms with Gasteiger partial charge in [0.15, 0.2) is 0 Å². The molecule has 2 rings (SSSR count). The normalized spacial score (nSPS) is 40.9. The molecule has 0 N–H and O–H groups in total. The van der Waals surface area contributed by atoms with Gasteiger partial charge in [0.25, 0.3) is 0 Å². The van der Waals surface area contributed by atoms with Crippen molar-refractivity contribution in [3.8, 4) is 0 Å². The largest absolute Gasteiger partial charge is 0.306 e. The van der Waals surface area contributed by atoms with Gasteiger partial charge in [-0.3, -0.25) is 4.84 Å². The fourth-order valence-electron chi connectivity index (χ4n) is 2.17. The molecule has 64 valence electrons. The molecule has 0 saturated carbocycles. The summed E-state index contributed by atoms with van der Waals surface area (Å²) in [5, 5.41) is 1.97. The fourth-order valence-corrected chi connectivity index (χ4v) is 2.17. The molecule has 2 saturated heterocycles. The molecule has 0 radical (unpaired) electrons. The monoisotopic (exact) mass is 156 g/mol. The first-order chi connectivity index (χ1) is 5.25. The van der Waals surface area contributed by atoms with Crippen molar-refractivity contribution in [1.82, 2.24) is 9.96 Å². The molecule has 0 amide bonds. The molecule has 2 aliphatic heterocycles. The van der Waals surface area contributed by atoms with Crippen molar-refractivity contribution < 1.29 is 4.84 Å². The maximum atomic E-state index is 5.45. The molecular formula is C8H16N2O. The number of rotatable bonds is 0. The number of likely N-dealkylation sites (tertiary alicyclic amines) is 1. The zero-order valence-electron chi connectivity index (χ0n) is 7.29. The molecule has 11 heavy (non-hydrogen) atoms. The second-order valence-corrected chi connectivity index (χ2v) is 3.85. The topological polar surface area (TPSA) is 15.7 Å². The van der Waals surface area contributed by atoms with Gasteiger partial charge in [-0.05, 0) is 13.0 Å². The van der Waals surface area contributed by atoms with Gasteiger partial charge < -0.3 is 4.90 Å². The van der Waals surface area contributed by atoms with Crippen LogP contribution < -0.4 is 0 Å². The first-order valence-electron chi connectivity index (χ1n) is 4.28. The van der Waals surface area contributed by atoms with Crippen molar-refractivity contribution in [2.45, 2.75) is 0 Å². The van der Waals surface area contributed by atoms with Crippen molar-refractivity contribution in [3.05, 3.63) is 0 Å². The minimum Gasteiger partial charge on any atom is -0.306 e. The van der Waals surface area contributed by atoms with Gasteiger partial charge in [0.05, 0.1) is 6.61 Å². The van der Waals surface area contributed by atoms with E-state index in [1.165, 1.54) is 13.1 Å². The molecule has 0 bridgehead atoms. The molecule has 0 aromatic rings. The summed E-state index contributed by atoms with van der Waals surface area (Å²) in [6.07, 6.45) is 0. The van der Waals surface area contributed by atoms with Crippen molar-refractivity contribution >= 4 is 0 Å². The van der Waals surface area contributed by atoms with E-state index in [0.29, 0.717) is 0 Å². The van der Waals surface area contributed by atoms with E-state index in [4.69, 9.17) is 4.84 Å². The van der Waals surface area contributed by atoms with E-state index < -0.39 is 0 Å². The summed E-state index contributed by atoms with van der Waals surface area (Å²) in [5.41, 5.74) is 0.